The van der Waals surface area contributed by atoms with E-state index in [1.165, 1.54) is 12.2 Å². The first kappa shape index (κ1) is 21.7. The summed E-state index contributed by atoms with van der Waals surface area (Å²) < 4.78 is 6.73. The van der Waals surface area contributed by atoms with Crippen LogP contribution in [0.2, 0.25) is 0 Å². The van der Waals surface area contributed by atoms with Crippen LogP contribution in [0.3, 0.4) is 0 Å². The number of aromatic nitrogens is 2. The Bertz CT molecular complexity index is 1330. The number of aromatic amines is 1. The Morgan fingerprint density at radius 1 is 1.39 bits per heavy atom. The normalized spacial score (nSPS) is 21.3. The molecular formula is C23H28N6O3S. The van der Waals surface area contributed by atoms with Crippen molar-refractivity contribution in [3.8, 4) is 5.75 Å². The summed E-state index contributed by atoms with van der Waals surface area (Å²) in [5.41, 5.74) is 2.37. The van der Waals surface area contributed by atoms with Crippen LogP contribution in [0.5, 0.6) is 5.75 Å². The topological polar surface area (TPSA) is 104 Å². The zero-order valence-electron chi connectivity index (χ0n) is 19.1. The molecule has 174 valence electrons. The third-order valence-corrected chi connectivity index (χ3v) is 7.74. The number of anilines is 2. The van der Waals surface area contributed by atoms with E-state index in [1.54, 1.807) is 31.7 Å². The largest absolute Gasteiger partial charge is 0.495 e. The lowest BCUT2D eigenvalue weighted by Crippen LogP contribution is -2.45. The minimum Gasteiger partial charge on any atom is -0.495 e. The van der Waals surface area contributed by atoms with Gasteiger partial charge in [-0.15, -0.1) is 11.3 Å². The lowest BCUT2D eigenvalue weighted by molar-refractivity contribution is -0.176. The van der Waals surface area contributed by atoms with Crippen LogP contribution in [0.25, 0.3) is 23.1 Å². The fourth-order valence-electron chi connectivity index (χ4n) is 4.62. The molecule has 2 aromatic heterocycles. The van der Waals surface area contributed by atoms with E-state index in [1.807, 2.05) is 19.1 Å². The van der Waals surface area contributed by atoms with Crippen molar-refractivity contribution in [2.75, 3.05) is 38.6 Å². The molecule has 0 bridgehead atoms. The number of thiophene rings is 1. The second-order valence-electron chi connectivity index (χ2n) is 8.32. The molecule has 33 heavy (non-hydrogen) atoms. The number of nitrogens with zero attached hydrogens (tertiary/aromatic N) is 2. The molecule has 1 aliphatic carbocycles. The summed E-state index contributed by atoms with van der Waals surface area (Å²) in [4.78, 5) is 18.3. The highest BCUT2D eigenvalue weighted by Gasteiger charge is 2.38. The zero-order chi connectivity index (χ0) is 23.2. The lowest BCUT2D eigenvalue weighted by atomic mass is 9.78. The third kappa shape index (κ3) is 3.54. The van der Waals surface area contributed by atoms with Crippen LogP contribution >= 0.6 is 11.3 Å². The summed E-state index contributed by atoms with van der Waals surface area (Å²) in [7, 11) is 4.85. The Kier molecular flexibility index (Phi) is 5.51. The van der Waals surface area contributed by atoms with Crippen LogP contribution in [0.4, 0.5) is 10.7 Å². The molecule has 2 atom stereocenters. The predicted molar refractivity (Wildman–Crippen MR) is 130 cm³/mol. The highest BCUT2D eigenvalue weighted by atomic mass is 32.1. The van der Waals surface area contributed by atoms with Crippen molar-refractivity contribution in [3.63, 3.8) is 0 Å². The molecule has 5 rings (SSSR count). The van der Waals surface area contributed by atoms with Crippen LogP contribution in [0, 0.1) is 5.41 Å². The van der Waals surface area contributed by atoms with Crippen molar-refractivity contribution in [3.05, 3.63) is 33.6 Å². The van der Waals surface area contributed by atoms with Gasteiger partial charge in [-0.3, -0.25) is 20.0 Å². The van der Waals surface area contributed by atoms with E-state index in [2.05, 4.69) is 38.3 Å². The summed E-state index contributed by atoms with van der Waals surface area (Å²) in [6.45, 7) is 2.68. The Balaban J connectivity index is 1.55. The lowest BCUT2D eigenvalue weighted by Gasteiger charge is -2.32. The minimum atomic E-state index is -0.600. The third-order valence-electron chi connectivity index (χ3n) is 6.61. The van der Waals surface area contributed by atoms with Crippen LogP contribution in [0.15, 0.2) is 18.3 Å². The van der Waals surface area contributed by atoms with Gasteiger partial charge in [-0.25, -0.2) is 5.06 Å². The van der Waals surface area contributed by atoms with Gasteiger partial charge in [0.1, 0.15) is 11.9 Å². The highest BCUT2D eigenvalue weighted by Crippen LogP contribution is 2.37. The molecule has 9 nitrogen and oxygen atoms in total. The molecule has 4 N–H and O–H groups in total. The number of fused-ring (bicyclic) bond motifs is 4. The number of H-pyrrole nitrogens is 1. The summed E-state index contributed by atoms with van der Waals surface area (Å²) >= 11 is 1.68. The van der Waals surface area contributed by atoms with Gasteiger partial charge in [-0.2, -0.15) is 5.10 Å². The molecule has 0 saturated carbocycles. The van der Waals surface area contributed by atoms with Gasteiger partial charge in [0, 0.05) is 28.6 Å². The molecule has 0 radical (unpaired) electrons. The van der Waals surface area contributed by atoms with Crippen LogP contribution in [-0.4, -0.2) is 49.1 Å². The van der Waals surface area contributed by atoms with Gasteiger partial charge in [0.15, 0.2) is 0 Å². The number of nitrogens with one attached hydrogen (secondary N) is 4. The second kappa shape index (κ2) is 8.36. The zero-order valence-corrected chi connectivity index (χ0v) is 19.9. The number of amides is 1. The molecule has 0 saturated heterocycles. The molecule has 1 aromatic carbocycles. The smallest absolute Gasteiger partial charge is 0.256 e. The van der Waals surface area contributed by atoms with Crippen LogP contribution in [-0.2, 0) is 9.63 Å². The number of hydrogen-bond acceptors (Lipinski definition) is 8. The quantitative estimate of drug-likeness (QED) is 0.411. The van der Waals surface area contributed by atoms with Gasteiger partial charge in [0.2, 0.25) is 0 Å². The molecule has 1 aliphatic heterocycles. The first-order chi connectivity index (χ1) is 16.0. The van der Waals surface area contributed by atoms with E-state index < -0.39 is 5.41 Å². The Morgan fingerprint density at radius 3 is 3.00 bits per heavy atom. The molecule has 3 aromatic rings. The van der Waals surface area contributed by atoms with E-state index in [9.17, 15) is 4.79 Å². The molecule has 0 fully saturated rings. The number of methoxy groups -OCH3 is 1. The monoisotopic (exact) mass is 468 g/mol. The average Bonchev–Trinajstić information content (AvgIpc) is 3.45. The fraction of sp³-hybridized carbons (Fsp3) is 0.391. The summed E-state index contributed by atoms with van der Waals surface area (Å²) in [6.07, 6.45) is 7.33. The standard InChI is InChI=1S/C23H28N6O3S/c1-5-23(22(30)29(2)32-4)7-6-14-18(10-23)33-21-19(14)20(24-12-25-21)27-16-8-13-11-26-28-15(13)9-17(16)31-3/h6,8-11,20,24-25,27H,5,7,12H2,1-4H3,(H,26,28)/t20?,23-/m1/s1. The van der Waals surface area contributed by atoms with Gasteiger partial charge >= 0.3 is 0 Å². The van der Waals surface area contributed by atoms with Crippen molar-refractivity contribution in [2.45, 2.75) is 25.9 Å². The van der Waals surface area contributed by atoms with Gasteiger partial charge in [-0.05, 0) is 24.1 Å². The van der Waals surface area contributed by atoms with E-state index >= 15 is 0 Å². The Morgan fingerprint density at radius 2 is 2.24 bits per heavy atom. The molecule has 1 amide bonds. The number of ether oxygens (including phenoxy) is 1. The van der Waals surface area contributed by atoms with E-state index in [-0.39, 0.29) is 12.1 Å². The molecule has 3 heterocycles. The second-order valence-corrected chi connectivity index (χ2v) is 9.37. The first-order valence-corrected chi connectivity index (χ1v) is 11.7. The van der Waals surface area contributed by atoms with Crippen molar-refractivity contribution >= 4 is 51.0 Å². The molecule has 10 heteroatoms. The van der Waals surface area contributed by atoms with Crippen molar-refractivity contribution < 1.29 is 14.4 Å². The molecule has 2 aliphatic rings. The van der Waals surface area contributed by atoms with Gasteiger partial charge < -0.3 is 15.4 Å². The summed E-state index contributed by atoms with van der Waals surface area (Å²) in [5, 5.41) is 22.3. The first-order valence-electron chi connectivity index (χ1n) is 10.9. The maximum absolute atomic E-state index is 13.1. The minimum absolute atomic E-state index is 0.0281. The number of carbonyl (C=O) groups is 1. The maximum Gasteiger partial charge on any atom is 0.256 e. The predicted octanol–water partition coefficient (Wildman–Crippen LogP) is 2.10. The number of hydroxylamine groups is 2. The molecule has 1 unspecified atom stereocenters. The fourth-order valence-corrected chi connectivity index (χ4v) is 5.90. The van der Waals surface area contributed by atoms with Crippen molar-refractivity contribution in [2.24, 2.45) is 5.41 Å². The van der Waals surface area contributed by atoms with Crippen molar-refractivity contribution in [1.82, 2.24) is 20.6 Å². The van der Waals surface area contributed by atoms with E-state index in [4.69, 9.17) is 9.57 Å². The number of benzene rings is 1. The van der Waals surface area contributed by atoms with Crippen LogP contribution < -0.4 is 30.4 Å². The average molecular weight is 469 g/mol. The van der Waals surface area contributed by atoms with E-state index in [0.717, 1.165) is 42.7 Å². The summed E-state index contributed by atoms with van der Waals surface area (Å²) in [6, 6.07) is 3.99. The van der Waals surface area contributed by atoms with Gasteiger partial charge in [-0.1, -0.05) is 19.1 Å². The Labute approximate surface area is 195 Å². The Hall–Kier alpha value is -3.08. The highest BCUT2D eigenvalue weighted by molar-refractivity contribution is 7.14. The maximum atomic E-state index is 13.1. The van der Waals surface area contributed by atoms with E-state index in [0.29, 0.717) is 19.5 Å². The number of rotatable bonds is 6. The van der Waals surface area contributed by atoms with Crippen molar-refractivity contribution in [1.29, 1.82) is 0 Å². The van der Waals surface area contributed by atoms with Gasteiger partial charge in [0.25, 0.3) is 5.91 Å². The number of hydrogen-bond donors (Lipinski definition) is 4. The molecular weight excluding hydrogens is 440 g/mol. The summed E-state index contributed by atoms with van der Waals surface area (Å²) in [5.74, 6) is 0.714. The van der Waals surface area contributed by atoms with Crippen LogP contribution in [0.1, 0.15) is 31.5 Å². The van der Waals surface area contributed by atoms with Gasteiger partial charge in [0.05, 0.1) is 48.7 Å². The number of carbonyl (C=O) groups excluding carboxylic acids is 1. The SMILES string of the molecule is CC[C@]1(C(=O)N(C)OC)C=c2sc3c(c2=CC1)C(Nc1cc2cn[nH]c2cc1OC)NCN3. The molecule has 0 spiro atoms.